The zero-order valence-electron chi connectivity index (χ0n) is 12.0. The van der Waals surface area contributed by atoms with Crippen molar-refractivity contribution in [3.05, 3.63) is 0 Å². The summed E-state index contributed by atoms with van der Waals surface area (Å²) < 4.78 is 0. The molecule has 1 atom stereocenters. The van der Waals surface area contributed by atoms with E-state index in [4.69, 9.17) is 0 Å². The monoisotopic (exact) mass is 272 g/mol. The van der Waals surface area contributed by atoms with Crippen LogP contribution in [0.4, 0.5) is 0 Å². The molecule has 0 aromatic rings. The predicted molar refractivity (Wildman–Crippen MR) is 76.1 cm³/mol. The molecule has 0 spiro atoms. The van der Waals surface area contributed by atoms with Gasteiger partial charge >= 0.3 is 0 Å². The van der Waals surface area contributed by atoms with Gasteiger partial charge in [-0.05, 0) is 6.42 Å². The second-order valence-electron chi connectivity index (χ2n) is 5.00. The van der Waals surface area contributed by atoms with Gasteiger partial charge in [0.1, 0.15) is 0 Å². The Morgan fingerprint density at radius 1 is 1.11 bits per heavy atom. The lowest BCUT2D eigenvalue weighted by atomic mass is 10.2. The number of carbonyl (C=O) groups is 1. The average Bonchev–Trinajstić information content (AvgIpc) is 2.41. The summed E-state index contributed by atoms with van der Waals surface area (Å²) in [7, 11) is 0. The van der Waals surface area contributed by atoms with E-state index in [2.05, 4.69) is 15.5 Å². The van der Waals surface area contributed by atoms with E-state index < -0.39 is 0 Å². The third-order valence-corrected chi connectivity index (χ3v) is 3.45. The fourth-order valence-electron chi connectivity index (χ4n) is 2.11. The van der Waals surface area contributed by atoms with E-state index in [1.165, 1.54) is 0 Å². The van der Waals surface area contributed by atoms with E-state index in [0.717, 1.165) is 71.7 Å². The number of nitrogens with zero attached hydrogens (tertiary/aromatic N) is 2. The standard InChI is InChI=1S/C13H28N4O2/c1-2-13(19)11-16-7-3-14-5-9-17(12-18)10-6-15-4-8-16/h12-15,19H,2-11H2,1H3. The SMILES string of the molecule is CCC(O)CN1CCNCCN(C=O)CCNCC1. The molecule has 6 nitrogen and oxygen atoms in total. The van der Waals surface area contributed by atoms with Gasteiger partial charge < -0.3 is 20.6 Å². The molecule has 1 heterocycles. The highest BCUT2D eigenvalue weighted by Gasteiger charge is 2.10. The lowest BCUT2D eigenvalue weighted by Crippen LogP contribution is -2.44. The van der Waals surface area contributed by atoms with Gasteiger partial charge in [0, 0.05) is 58.9 Å². The Kier molecular flexibility index (Phi) is 8.73. The van der Waals surface area contributed by atoms with Crippen molar-refractivity contribution in [2.45, 2.75) is 19.4 Å². The minimum absolute atomic E-state index is 0.238. The van der Waals surface area contributed by atoms with E-state index in [1.807, 2.05) is 6.92 Å². The van der Waals surface area contributed by atoms with Crippen LogP contribution >= 0.6 is 0 Å². The number of β-amino-alcohol motifs (C(OH)–C–C–N with tert-alkyl or cyclic N) is 1. The summed E-state index contributed by atoms with van der Waals surface area (Å²) in [4.78, 5) is 14.9. The normalized spacial score (nSPS) is 22.3. The van der Waals surface area contributed by atoms with Gasteiger partial charge in [0.25, 0.3) is 0 Å². The van der Waals surface area contributed by atoms with E-state index >= 15 is 0 Å². The third-order valence-electron chi connectivity index (χ3n) is 3.45. The van der Waals surface area contributed by atoms with Crippen molar-refractivity contribution in [1.82, 2.24) is 20.4 Å². The van der Waals surface area contributed by atoms with Gasteiger partial charge in [-0.1, -0.05) is 6.92 Å². The van der Waals surface area contributed by atoms with E-state index in [0.29, 0.717) is 0 Å². The smallest absolute Gasteiger partial charge is 0.209 e. The number of aliphatic hydroxyl groups excluding tert-OH is 1. The van der Waals surface area contributed by atoms with Crippen LogP contribution in [0.3, 0.4) is 0 Å². The van der Waals surface area contributed by atoms with Crippen molar-refractivity contribution >= 4 is 6.41 Å². The highest BCUT2D eigenvalue weighted by Crippen LogP contribution is 1.96. The van der Waals surface area contributed by atoms with E-state index in [9.17, 15) is 9.90 Å². The highest BCUT2D eigenvalue weighted by atomic mass is 16.3. The molecule has 3 N–H and O–H groups in total. The highest BCUT2D eigenvalue weighted by molar-refractivity contribution is 5.46. The first-order chi connectivity index (χ1) is 9.26. The molecule has 0 aromatic heterocycles. The van der Waals surface area contributed by atoms with Crippen molar-refractivity contribution in [3.63, 3.8) is 0 Å². The van der Waals surface area contributed by atoms with E-state index in [1.54, 1.807) is 4.90 Å². The maximum Gasteiger partial charge on any atom is 0.209 e. The minimum atomic E-state index is -0.238. The van der Waals surface area contributed by atoms with Crippen LogP contribution in [-0.4, -0.2) is 86.3 Å². The Bertz CT molecular complexity index is 227. The van der Waals surface area contributed by atoms with Gasteiger partial charge in [-0.2, -0.15) is 0 Å². The van der Waals surface area contributed by atoms with Crippen LogP contribution in [0.2, 0.25) is 0 Å². The molecule has 0 saturated carbocycles. The molecule has 1 aliphatic heterocycles. The number of hydrogen-bond acceptors (Lipinski definition) is 5. The second-order valence-corrected chi connectivity index (χ2v) is 5.00. The number of nitrogens with one attached hydrogen (secondary N) is 2. The first-order valence-electron chi connectivity index (χ1n) is 7.27. The summed E-state index contributed by atoms with van der Waals surface area (Å²) in [5.41, 5.74) is 0. The Morgan fingerprint density at radius 2 is 1.63 bits per heavy atom. The maximum absolute atomic E-state index is 10.8. The van der Waals surface area contributed by atoms with Crippen LogP contribution in [0.1, 0.15) is 13.3 Å². The molecule has 1 saturated heterocycles. The number of amides is 1. The van der Waals surface area contributed by atoms with Crippen molar-refractivity contribution in [2.75, 3.05) is 58.9 Å². The van der Waals surface area contributed by atoms with Crippen molar-refractivity contribution < 1.29 is 9.90 Å². The first kappa shape index (κ1) is 16.4. The molecule has 1 fully saturated rings. The van der Waals surface area contributed by atoms with Crippen LogP contribution in [0, 0.1) is 0 Å². The van der Waals surface area contributed by atoms with Crippen molar-refractivity contribution in [3.8, 4) is 0 Å². The van der Waals surface area contributed by atoms with Gasteiger partial charge in [0.15, 0.2) is 0 Å². The largest absolute Gasteiger partial charge is 0.392 e. The number of carbonyl (C=O) groups excluding carboxylic acids is 1. The first-order valence-corrected chi connectivity index (χ1v) is 7.27. The molecule has 0 aromatic carbocycles. The number of aliphatic hydroxyl groups is 1. The van der Waals surface area contributed by atoms with Gasteiger partial charge in [0.05, 0.1) is 6.10 Å². The zero-order valence-corrected chi connectivity index (χ0v) is 12.0. The van der Waals surface area contributed by atoms with Crippen LogP contribution < -0.4 is 10.6 Å². The van der Waals surface area contributed by atoms with Crippen LogP contribution in [0.5, 0.6) is 0 Å². The Balaban J connectivity index is 2.34. The molecular weight excluding hydrogens is 244 g/mol. The van der Waals surface area contributed by atoms with Gasteiger partial charge in [-0.25, -0.2) is 0 Å². The van der Waals surface area contributed by atoms with E-state index in [-0.39, 0.29) is 6.10 Å². The third kappa shape index (κ3) is 7.47. The van der Waals surface area contributed by atoms with Crippen molar-refractivity contribution in [1.29, 1.82) is 0 Å². The molecule has 1 aliphatic rings. The molecule has 19 heavy (non-hydrogen) atoms. The fourth-order valence-corrected chi connectivity index (χ4v) is 2.11. The molecule has 0 bridgehead atoms. The summed E-state index contributed by atoms with van der Waals surface area (Å²) in [6.07, 6.45) is 1.48. The summed E-state index contributed by atoms with van der Waals surface area (Å²) in [5.74, 6) is 0. The quantitative estimate of drug-likeness (QED) is 0.556. The topological polar surface area (TPSA) is 67.8 Å². The molecule has 1 amide bonds. The molecular formula is C13H28N4O2. The molecule has 0 radical (unpaired) electrons. The number of rotatable bonds is 4. The summed E-state index contributed by atoms with van der Waals surface area (Å²) in [6.45, 7) is 9.54. The predicted octanol–water partition coefficient (Wildman–Crippen LogP) is -1.29. The lowest BCUT2D eigenvalue weighted by molar-refractivity contribution is -0.118. The Hall–Kier alpha value is -0.690. The zero-order chi connectivity index (χ0) is 13.9. The van der Waals surface area contributed by atoms with Gasteiger partial charge in [-0.15, -0.1) is 0 Å². The van der Waals surface area contributed by atoms with Gasteiger partial charge in [-0.3, -0.25) is 9.69 Å². The molecule has 6 heteroatoms. The lowest BCUT2D eigenvalue weighted by Gasteiger charge is -2.26. The maximum atomic E-state index is 10.8. The molecule has 1 unspecified atom stereocenters. The average molecular weight is 272 g/mol. The van der Waals surface area contributed by atoms with Crippen LogP contribution in [0.15, 0.2) is 0 Å². The number of hydrogen-bond donors (Lipinski definition) is 3. The fraction of sp³-hybridized carbons (Fsp3) is 0.923. The Labute approximate surface area is 116 Å². The summed E-state index contributed by atoms with van der Waals surface area (Å²) >= 11 is 0. The molecule has 1 rings (SSSR count). The minimum Gasteiger partial charge on any atom is -0.392 e. The Morgan fingerprint density at radius 3 is 2.11 bits per heavy atom. The van der Waals surface area contributed by atoms with Crippen LogP contribution in [0.25, 0.3) is 0 Å². The molecule has 112 valence electrons. The van der Waals surface area contributed by atoms with Crippen molar-refractivity contribution in [2.24, 2.45) is 0 Å². The molecule has 0 aliphatic carbocycles. The summed E-state index contributed by atoms with van der Waals surface area (Å²) in [5, 5.41) is 16.4. The van der Waals surface area contributed by atoms with Crippen LogP contribution in [-0.2, 0) is 4.79 Å². The summed E-state index contributed by atoms with van der Waals surface area (Å²) in [6, 6.07) is 0. The second kappa shape index (κ2) is 10.1. The van der Waals surface area contributed by atoms with Gasteiger partial charge in [0.2, 0.25) is 6.41 Å².